The molecule has 0 saturated heterocycles. The number of hydrogen-bond acceptors (Lipinski definition) is 3. The zero-order valence-corrected chi connectivity index (χ0v) is 16.0. The summed E-state index contributed by atoms with van der Waals surface area (Å²) in [5.74, 6) is 1.02. The van der Waals surface area contributed by atoms with Crippen molar-refractivity contribution < 1.29 is 4.74 Å². The quantitative estimate of drug-likeness (QED) is 0.660. The van der Waals surface area contributed by atoms with E-state index in [0.717, 1.165) is 29.0 Å². The third-order valence-corrected chi connectivity index (χ3v) is 5.29. The van der Waals surface area contributed by atoms with E-state index >= 15 is 0 Å². The lowest BCUT2D eigenvalue weighted by molar-refractivity contribution is -0.0460. The summed E-state index contributed by atoms with van der Waals surface area (Å²) < 4.78 is 6.22. The maximum absolute atomic E-state index is 6.41. The molecule has 0 aliphatic carbocycles. The normalized spacial score (nSPS) is 21.7. The van der Waals surface area contributed by atoms with Crippen molar-refractivity contribution in [1.29, 1.82) is 0 Å². The number of rotatable bonds is 2. The van der Waals surface area contributed by atoms with Crippen LogP contribution in [0.4, 0.5) is 0 Å². The molecule has 0 amide bonds. The van der Waals surface area contributed by atoms with Gasteiger partial charge in [-0.15, -0.1) is 0 Å². The minimum atomic E-state index is -0.140. The molecule has 0 aromatic heterocycles. The Morgan fingerprint density at radius 2 is 1.88 bits per heavy atom. The molecule has 2 aliphatic rings. The van der Waals surface area contributed by atoms with E-state index in [2.05, 4.69) is 50.0 Å². The predicted molar refractivity (Wildman–Crippen MR) is 103 cm³/mol. The first-order chi connectivity index (χ1) is 11.9. The van der Waals surface area contributed by atoms with Crippen molar-refractivity contribution in [3.63, 3.8) is 0 Å². The Morgan fingerprint density at radius 3 is 2.56 bits per heavy atom. The maximum Gasteiger partial charge on any atom is 0.190 e. The van der Waals surface area contributed by atoms with Crippen LogP contribution in [0.25, 0.3) is 0 Å². The topological polar surface area (TPSA) is 24.8 Å². The van der Waals surface area contributed by atoms with Crippen LogP contribution < -0.4 is 4.74 Å². The standard InChI is InChI=1S/C20H20Cl2N2O/c1-11(2)20-24-18(15-8-14(21)9-16(22)19(15)25-20)10-17(23-24)13-6-4-12(3)5-7-13/h4-9,11,18,20H,10H2,1-3H3. The van der Waals surface area contributed by atoms with E-state index in [1.165, 1.54) is 5.56 Å². The first-order valence-corrected chi connectivity index (χ1v) is 9.28. The van der Waals surface area contributed by atoms with Gasteiger partial charge in [-0.1, -0.05) is 66.9 Å². The first kappa shape index (κ1) is 16.7. The zero-order chi connectivity index (χ0) is 17.7. The number of hydrazone groups is 1. The fourth-order valence-corrected chi connectivity index (χ4v) is 4.06. The van der Waals surface area contributed by atoms with Crippen molar-refractivity contribution in [3.8, 4) is 5.75 Å². The van der Waals surface area contributed by atoms with Crippen molar-refractivity contribution >= 4 is 28.9 Å². The monoisotopic (exact) mass is 374 g/mol. The second-order valence-electron chi connectivity index (χ2n) is 7.07. The van der Waals surface area contributed by atoms with E-state index in [0.29, 0.717) is 10.0 Å². The lowest BCUT2D eigenvalue weighted by Gasteiger charge is -2.40. The van der Waals surface area contributed by atoms with Crippen LogP contribution in [-0.4, -0.2) is 16.9 Å². The molecule has 2 atom stereocenters. The number of halogens is 2. The molecule has 0 spiro atoms. The van der Waals surface area contributed by atoms with Crippen LogP contribution in [-0.2, 0) is 0 Å². The molecule has 2 aromatic rings. The Balaban J connectivity index is 1.78. The molecule has 4 rings (SSSR count). The molecule has 25 heavy (non-hydrogen) atoms. The molecule has 2 unspecified atom stereocenters. The zero-order valence-electron chi connectivity index (χ0n) is 14.5. The lowest BCUT2D eigenvalue weighted by atomic mass is 9.95. The van der Waals surface area contributed by atoms with Gasteiger partial charge in [0.15, 0.2) is 6.23 Å². The number of fused-ring (bicyclic) bond motifs is 3. The van der Waals surface area contributed by atoms with Crippen LogP contribution in [0.15, 0.2) is 41.5 Å². The molecule has 0 N–H and O–H groups in total. The summed E-state index contributed by atoms with van der Waals surface area (Å²) in [6.07, 6.45) is 0.679. The van der Waals surface area contributed by atoms with Crippen LogP contribution in [0.5, 0.6) is 5.75 Å². The first-order valence-electron chi connectivity index (χ1n) is 8.52. The molecule has 2 heterocycles. The van der Waals surface area contributed by atoms with Gasteiger partial charge in [-0.3, -0.25) is 0 Å². The second-order valence-corrected chi connectivity index (χ2v) is 7.91. The summed E-state index contributed by atoms with van der Waals surface area (Å²) in [4.78, 5) is 0. The van der Waals surface area contributed by atoms with Gasteiger partial charge in [0.25, 0.3) is 0 Å². The molecule has 0 saturated carbocycles. The minimum Gasteiger partial charge on any atom is -0.467 e. The number of benzene rings is 2. The van der Waals surface area contributed by atoms with Crippen LogP contribution >= 0.6 is 23.2 Å². The summed E-state index contributed by atoms with van der Waals surface area (Å²) in [7, 11) is 0. The van der Waals surface area contributed by atoms with Crippen molar-refractivity contribution in [1.82, 2.24) is 5.01 Å². The molecule has 2 aliphatic heterocycles. The summed E-state index contributed by atoms with van der Waals surface area (Å²) >= 11 is 12.7. The van der Waals surface area contributed by atoms with E-state index in [1.54, 1.807) is 6.07 Å². The Morgan fingerprint density at radius 1 is 1.16 bits per heavy atom. The highest BCUT2D eigenvalue weighted by molar-refractivity contribution is 6.35. The molecule has 5 heteroatoms. The number of hydrogen-bond donors (Lipinski definition) is 0. The van der Waals surface area contributed by atoms with Gasteiger partial charge in [0.1, 0.15) is 5.75 Å². The third-order valence-electron chi connectivity index (χ3n) is 4.79. The maximum atomic E-state index is 6.41. The predicted octanol–water partition coefficient (Wildman–Crippen LogP) is 5.83. The van der Waals surface area contributed by atoms with Gasteiger partial charge in [0.2, 0.25) is 0 Å². The second kappa shape index (κ2) is 6.22. The molecular formula is C20H20Cl2N2O. The number of nitrogens with zero attached hydrogens (tertiary/aromatic N) is 2. The Bertz CT molecular complexity index is 846. The van der Waals surface area contributed by atoms with E-state index < -0.39 is 0 Å². The highest BCUT2D eigenvalue weighted by Gasteiger charge is 2.42. The molecule has 3 nitrogen and oxygen atoms in total. The average Bonchev–Trinajstić information content (AvgIpc) is 3.00. The SMILES string of the molecule is Cc1ccc(C2=NN3C(C2)c2cc(Cl)cc(Cl)c2OC3C(C)C)cc1. The van der Waals surface area contributed by atoms with E-state index in [1.807, 2.05) is 6.07 Å². The summed E-state index contributed by atoms with van der Waals surface area (Å²) in [6.45, 7) is 6.36. The van der Waals surface area contributed by atoms with E-state index in [-0.39, 0.29) is 18.2 Å². The fourth-order valence-electron chi connectivity index (χ4n) is 3.50. The van der Waals surface area contributed by atoms with E-state index in [9.17, 15) is 0 Å². The molecule has 130 valence electrons. The molecule has 0 bridgehead atoms. The molecule has 0 fully saturated rings. The smallest absolute Gasteiger partial charge is 0.190 e. The van der Waals surface area contributed by atoms with Crippen molar-refractivity contribution in [2.75, 3.05) is 0 Å². The summed E-state index contributed by atoms with van der Waals surface area (Å²) in [5, 5.41) is 8.18. The number of aryl methyl sites for hydroxylation is 1. The average molecular weight is 375 g/mol. The van der Waals surface area contributed by atoms with Crippen molar-refractivity contribution in [2.45, 2.75) is 39.5 Å². The Kier molecular flexibility index (Phi) is 4.17. The van der Waals surface area contributed by atoms with Gasteiger partial charge in [-0.05, 0) is 24.6 Å². The van der Waals surface area contributed by atoms with Gasteiger partial charge in [0.05, 0.1) is 16.8 Å². The largest absolute Gasteiger partial charge is 0.467 e. The third kappa shape index (κ3) is 2.90. The van der Waals surface area contributed by atoms with Crippen LogP contribution in [0, 0.1) is 12.8 Å². The van der Waals surface area contributed by atoms with E-state index in [4.69, 9.17) is 33.0 Å². The van der Waals surface area contributed by atoms with Gasteiger partial charge < -0.3 is 4.74 Å². The highest BCUT2D eigenvalue weighted by atomic mass is 35.5. The Labute approximate surface area is 158 Å². The number of ether oxygens (including phenoxy) is 1. The molecule has 0 radical (unpaired) electrons. The van der Waals surface area contributed by atoms with Gasteiger partial charge in [-0.2, -0.15) is 5.10 Å². The van der Waals surface area contributed by atoms with Gasteiger partial charge in [-0.25, -0.2) is 5.01 Å². The van der Waals surface area contributed by atoms with Crippen molar-refractivity contribution in [2.24, 2.45) is 11.0 Å². The molecule has 2 aromatic carbocycles. The highest BCUT2D eigenvalue weighted by Crippen LogP contribution is 2.48. The minimum absolute atomic E-state index is 0.101. The van der Waals surface area contributed by atoms with Crippen molar-refractivity contribution in [3.05, 3.63) is 63.1 Å². The van der Waals surface area contributed by atoms with Gasteiger partial charge in [0, 0.05) is 22.9 Å². The summed E-state index contributed by atoms with van der Waals surface area (Å²) in [5.41, 5.74) is 4.48. The summed E-state index contributed by atoms with van der Waals surface area (Å²) in [6, 6.07) is 12.3. The fraction of sp³-hybridized carbons (Fsp3) is 0.350. The van der Waals surface area contributed by atoms with Crippen LogP contribution in [0.2, 0.25) is 10.0 Å². The Hall–Kier alpha value is -1.71. The van der Waals surface area contributed by atoms with Crippen LogP contribution in [0.1, 0.15) is 43.0 Å². The van der Waals surface area contributed by atoms with Crippen LogP contribution in [0.3, 0.4) is 0 Å². The lowest BCUT2D eigenvalue weighted by Crippen LogP contribution is -2.43. The molecular weight excluding hydrogens is 355 g/mol. The van der Waals surface area contributed by atoms with Gasteiger partial charge >= 0.3 is 0 Å².